The molecule has 0 aromatic heterocycles. The third kappa shape index (κ3) is 5.43. The molecule has 3 aromatic carbocycles. The van der Waals surface area contributed by atoms with Crippen LogP contribution in [-0.2, 0) is 19.1 Å². The minimum atomic E-state index is -1.36. The van der Waals surface area contributed by atoms with Crippen molar-refractivity contribution in [1.82, 2.24) is 4.90 Å². The lowest BCUT2D eigenvalue weighted by Gasteiger charge is -2.40. The number of amides is 3. The van der Waals surface area contributed by atoms with Gasteiger partial charge in [0.1, 0.15) is 11.6 Å². The average Bonchev–Trinajstić information content (AvgIpc) is 3.67. The molecule has 3 fully saturated rings. The molecule has 3 saturated heterocycles. The maximum atomic E-state index is 15.2. The SMILES string of the molecule is C=CCN(C(=O)[C@H]1[C@@H]2OC3(CC2Br)C(C(=O)N(CC=C)c2c(C)cccc2Cl)N([C@H](CO)c2ccccc2)C(=O)[C@H]13)c1ccccc1. The highest BCUT2D eigenvalue weighted by Gasteiger charge is 2.77. The van der Waals surface area contributed by atoms with Gasteiger partial charge in [0.15, 0.2) is 0 Å². The molecule has 3 aromatic rings. The summed E-state index contributed by atoms with van der Waals surface area (Å²) < 4.78 is 6.81. The van der Waals surface area contributed by atoms with E-state index in [4.69, 9.17) is 16.3 Å². The van der Waals surface area contributed by atoms with Crippen LogP contribution in [0.4, 0.5) is 11.4 Å². The number of nitrogens with zero attached hydrogens (tertiary/aromatic N) is 3. The number of aliphatic hydroxyl groups excluding tert-OH is 1. The molecule has 7 atom stereocenters. The van der Waals surface area contributed by atoms with E-state index in [9.17, 15) is 14.7 Å². The van der Waals surface area contributed by atoms with Crippen LogP contribution in [0, 0.1) is 18.8 Å². The number of hydrogen-bond donors (Lipinski definition) is 1. The smallest absolute Gasteiger partial charge is 0.253 e. The summed E-state index contributed by atoms with van der Waals surface area (Å²) in [6.07, 6.45) is 2.90. The molecule has 2 bridgehead atoms. The summed E-state index contributed by atoms with van der Waals surface area (Å²) in [5.41, 5.74) is 1.24. The molecule has 6 rings (SSSR count). The number of anilines is 2. The number of alkyl halides is 1. The summed E-state index contributed by atoms with van der Waals surface area (Å²) in [7, 11) is 0. The topological polar surface area (TPSA) is 90.4 Å². The molecule has 3 heterocycles. The minimum Gasteiger partial charge on any atom is -0.394 e. The normalized spacial score (nSPS) is 26.5. The molecule has 10 heteroatoms. The highest BCUT2D eigenvalue weighted by Crippen LogP contribution is 2.62. The van der Waals surface area contributed by atoms with Crippen LogP contribution in [0.3, 0.4) is 0 Å². The number of halogens is 2. The Kier molecular flexibility index (Phi) is 9.45. The van der Waals surface area contributed by atoms with Gasteiger partial charge in [-0.15, -0.1) is 13.2 Å². The van der Waals surface area contributed by atoms with E-state index >= 15 is 4.79 Å². The lowest BCUT2D eigenvalue weighted by Crippen LogP contribution is -2.58. The van der Waals surface area contributed by atoms with Gasteiger partial charge in [0.05, 0.1) is 41.3 Å². The lowest BCUT2D eigenvalue weighted by molar-refractivity contribution is -0.144. The van der Waals surface area contributed by atoms with E-state index in [0.29, 0.717) is 28.4 Å². The van der Waals surface area contributed by atoms with Crippen LogP contribution in [0.1, 0.15) is 23.6 Å². The second kappa shape index (κ2) is 13.4. The molecule has 0 radical (unpaired) electrons. The van der Waals surface area contributed by atoms with Crippen LogP contribution in [0.15, 0.2) is 104 Å². The summed E-state index contributed by atoms with van der Waals surface area (Å²) in [5, 5.41) is 11.2. The van der Waals surface area contributed by atoms with Crippen molar-refractivity contribution in [2.24, 2.45) is 11.8 Å². The fourth-order valence-electron chi connectivity index (χ4n) is 7.77. The van der Waals surface area contributed by atoms with Crippen LogP contribution < -0.4 is 9.80 Å². The second-order valence-corrected chi connectivity index (χ2v) is 13.8. The summed E-state index contributed by atoms with van der Waals surface area (Å²) in [5.74, 6) is -3.00. The number of fused-ring (bicyclic) bond motifs is 1. The maximum absolute atomic E-state index is 15.2. The van der Waals surface area contributed by atoms with E-state index in [1.807, 2.05) is 79.7 Å². The van der Waals surface area contributed by atoms with Crippen LogP contribution >= 0.6 is 27.5 Å². The fraction of sp³-hybridized carbons (Fsp3) is 0.324. The molecule has 0 aliphatic carbocycles. The molecule has 0 saturated carbocycles. The van der Waals surface area contributed by atoms with Crippen LogP contribution in [0.5, 0.6) is 0 Å². The van der Waals surface area contributed by atoms with E-state index in [2.05, 4.69) is 29.1 Å². The molecule has 47 heavy (non-hydrogen) atoms. The number of aryl methyl sites for hydroxylation is 1. The van der Waals surface area contributed by atoms with Crippen molar-refractivity contribution in [3.8, 4) is 0 Å². The van der Waals surface area contributed by atoms with E-state index in [0.717, 1.165) is 5.56 Å². The number of carbonyl (C=O) groups excluding carboxylic acids is 3. The van der Waals surface area contributed by atoms with Crippen molar-refractivity contribution in [3.05, 3.63) is 120 Å². The van der Waals surface area contributed by atoms with E-state index in [1.54, 1.807) is 23.1 Å². The van der Waals surface area contributed by atoms with Crippen LogP contribution in [0.2, 0.25) is 5.02 Å². The number of para-hydroxylation sites is 2. The summed E-state index contributed by atoms with van der Waals surface area (Å²) >= 11 is 10.5. The van der Waals surface area contributed by atoms with E-state index in [-0.39, 0.29) is 23.8 Å². The molecule has 3 unspecified atom stereocenters. The Labute approximate surface area is 288 Å². The Bertz CT molecular complexity index is 1670. The van der Waals surface area contributed by atoms with Gasteiger partial charge in [-0.1, -0.05) is 100 Å². The first kappa shape index (κ1) is 33.2. The Morgan fingerprint density at radius 3 is 2.28 bits per heavy atom. The maximum Gasteiger partial charge on any atom is 0.253 e. The lowest BCUT2D eigenvalue weighted by atomic mass is 9.70. The Morgan fingerprint density at radius 2 is 1.66 bits per heavy atom. The quantitative estimate of drug-likeness (QED) is 0.198. The Hall–Kier alpha value is -3.76. The zero-order valence-electron chi connectivity index (χ0n) is 26.0. The average molecular weight is 719 g/mol. The van der Waals surface area contributed by atoms with Crippen molar-refractivity contribution in [2.45, 2.75) is 42.0 Å². The van der Waals surface area contributed by atoms with Gasteiger partial charge in [0.25, 0.3) is 5.91 Å². The largest absolute Gasteiger partial charge is 0.394 e. The molecular formula is C37H37BrClN3O5. The zero-order chi connectivity index (χ0) is 33.5. The third-order valence-electron chi connectivity index (χ3n) is 9.62. The number of carbonyl (C=O) groups is 3. The summed E-state index contributed by atoms with van der Waals surface area (Å²) in [6.45, 7) is 9.52. The van der Waals surface area contributed by atoms with Crippen molar-refractivity contribution in [3.63, 3.8) is 0 Å². The molecule has 1 spiro atoms. The molecular weight excluding hydrogens is 682 g/mol. The molecule has 244 valence electrons. The summed E-state index contributed by atoms with van der Waals surface area (Å²) in [6, 6.07) is 21.7. The van der Waals surface area contributed by atoms with Gasteiger partial charge in [-0.2, -0.15) is 0 Å². The first-order valence-electron chi connectivity index (χ1n) is 15.6. The van der Waals surface area contributed by atoms with Crippen LogP contribution in [0.25, 0.3) is 0 Å². The van der Waals surface area contributed by atoms with Gasteiger partial charge in [-0.3, -0.25) is 14.4 Å². The van der Waals surface area contributed by atoms with Gasteiger partial charge in [-0.05, 0) is 42.7 Å². The standard InChI is InChI=1S/C37H37BrClN3O5/c1-4-19-40(25-16-10-7-11-17-25)34(44)29-30-35(45)42(28(22-43)24-14-8-6-9-15-24)33(37(30)21-26(38)32(29)47-37)36(46)41(20-5-2)31-23(3)13-12-18-27(31)39/h4-18,26,28-30,32-33,43H,1-2,19-22H2,3H3/t26?,28-,29-,30+,32-,33?,37?/m1/s1. The van der Waals surface area contributed by atoms with Crippen LogP contribution in [-0.4, -0.2) is 70.0 Å². The van der Waals surface area contributed by atoms with Gasteiger partial charge in [0, 0.05) is 23.6 Å². The third-order valence-corrected chi connectivity index (χ3v) is 10.8. The number of likely N-dealkylation sites (tertiary alicyclic amines) is 1. The monoisotopic (exact) mass is 717 g/mol. The second-order valence-electron chi connectivity index (χ2n) is 12.2. The Balaban J connectivity index is 1.52. The first-order valence-corrected chi connectivity index (χ1v) is 16.9. The number of benzene rings is 3. The van der Waals surface area contributed by atoms with Crippen molar-refractivity contribution in [2.75, 3.05) is 29.5 Å². The minimum absolute atomic E-state index is 0.114. The predicted molar refractivity (Wildman–Crippen MR) is 187 cm³/mol. The molecule has 8 nitrogen and oxygen atoms in total. The molecule has 3 aliphatic rings. The van der Waals surface area contributed by atoms with Crippen molar-refractivity contribution >= 4 is 56.6 Å². The molecule has 3 amide bonds. The first-order chi connectivity index (χ1) is 22.7. The van der Waals surface area contributed by atoms with Gasteiger partial charge >= 0.3 is 0 Å². The predicted octanol–water partition coefficient (Wildman–Crippen LogP) is 5.87. The highest BCUT2D eigenvalue weighted by molar-refractivity contribution is 9.09. The van der Waals surface area contributed by atoms with Gasteiger partial charge < -0.3 is 24.5 Å². The number of ether oxygens (including phenoxy) is 1. The van der Waals surface area contributed by atoms with E-state index < -0.39 is 54.0 Å². The van der Waals surface area contributed by atoms with E-state index in [1.165, 1.54) is 9.80 Å². The number of aliphatic hydroxyl groups is 1. The molecule has 1 N–H and O–H groups in total. The van der Waals surface area contributed by atoms with Gasteiger partial charge in [-0.25, -0.2) is 0 Å². The number of hydrogen-bond acceptors (Lipinski definition) is 5. The van der Waals surface area contributed by atoms with Crippen molar-refractivity contribution in [1.29, 1.82) is 0 Å². The van der Waals surface area contributed by atoms with Crippen molar-refractivity contribution < 1.29 is 24.2 Å². The van der Waals surface area contributed by atoms with Gasteiger partial charge in [0.2, 0.25) is 11.8 Å². The Morgan fingerprint density at radius 1 is 1.02 bits per heavy atom. The highest BCUT2D eigenvalue weighted by atomic mass is 79.9. The molecule has 3 aliphatic heterocycles. The number of rotatable bonds is 11. The summed E-state index contributed by atoms with van der Waals surface area (Å²) in [4.78, 5) is 49.0. The zero-order valence-corrected chi connectivity index (χ0v) is 28.4. The fourth-order valence-corrected chi connectivity index (χ4v) is 9.03.